The third-order valence-corrected chi connectivity index (χ3v) is 1.12. The molecule has 0 spiro atoms. The summed E-state index contributed by atoms with van der Waals surface area (Å²) in [5.41, 5.74) is 0. The van der Waals surface area contributed by atoms with Crippen LogP contribution in [0.1, 0.15) is 12.8 Å². The van der Waals surface area contributed by atoms with E-state index in [2.05, 4.69) is 25.3 Å². The van der Waals surface area contributed by atoms with Gasteiger partial charge in [0.2, 0.25) is 0 Å². The molecule has 0 aliphatic heterocycles. The molecule has 38 valence electrons. The van der Waals surface area contributed by atoms with Crippen molar-refractivity contribution < 1.29 is 59.1 Å². The third kappa shape index (κ3) is 15.9. The van der Waals surface area contributed by atoms with Gasteiger partial charge in [0.1, 0.15) is 0 Å². The SMILES string of the molecule is [Na+].[Na+].[S-]CCCC[S-]. The second kappa shape index (κ2) is 16.4. The van der Waals surface area contributed by atoms with Gasteiger partial charge in [-0.25, -0.2) is 0 Å². The summed E-state index contributed by atoms with van der Waals surface area (Å²) in [5.74, 6) is 1.74. The van der Waals surface area contributed by atoms with Crippen molar-refractivity contribution in [1.29, 1.82) is 0 Å². The Morgan fingerprint density at radius 2 is 1.00 bits per heavy atom. The standard InChI is InChI=1S/C4H10S2.2Na/c5-3-1-2-4-6;;/h5-6H,1-4H2;;/q;2*+1/p-2. The van der Waals surface area contributed by atoms with Crippen LogP contribution in [-0.2, 0) is 25.3 Å². The maximum absolute atomic E-state index is 4.67. The Kier molecular flexibility index (Phi) is 34.7. The second-order valence-electron chi connectivity index (χ2n) is 1.12. The summed E-state index contributed by atoms with van der Waals surface area (Å²) in [7, 11) is 0. The molecule has 0 atom stereocenters. The second-order valence-corrected chi connectivity index (χ2v) is 1.93. The van der Waals surface area contributed by atoms with Crippen LogP contribution < -0.4 is 59.1 Å². The maximum atomic E-state index is 4.67. The fourth-order valence-electron chi connectivity index (χ4n) is 0.204. The smallest absolute Gasteiger partial charge is 0.793 e. The van der Waals surface area contributed by atoms with E-state index < -0.39 is 0 Å². The summed E-state index contributed by atoms with van der Waals surface area (Å²) >= 11 is 9.34. The summed E-state index contributed by atoms with van der Waals surface area (Å²) in [6.07, 6.45) is 2.25. The first-order chi connectivity index (χ1) is 2.91. The first-order valence-electron chi connectivity index (χ1n) is 2.08. The number of hydrogen-bond acceptors (Lipinski definition) is 2. The van der Waals surface area contributed by atoms with E-state index in [1.807, 2.05) is 0 Å². The van der Waals surface area contributed by atoms with Gasteiger partial charge in [0.15, 0.2) is 0 Å². The normalized spacial score (nSPS) is 6.75. The molecule has 0 aromatic carbocycles. The molecule has 0 unspecified atom stereocenters. The topological polar surface area (TPSA) is 0 Å². The largest absolute Gasteiger partial charge is 1.00 e. The molecule has 0 aromatic rings. The monoisotopic (exact) mass is 166 g/mol. The van der Waals surface area contributed by atoms with Gasteiger partial charge in [0, 0.05) is 0 Å². The predicted molar refractivity (Wildman–Crippen MR) is 33.7 cm³/mol. The van der Waals surface area contributed by atoms with Gasteiger partial charge in [-0.15, -0.1) is 0 Å². The molecule has 0 nitrogen and oxygen atoms in total. The van der Waals surface area contributed by atoms with Crippen LogP contribution in [0.3, 0.4) is 0 Å². The number of rotatable bonds is 3. The van der Waals surface area contributed by atoms with Crippen molar-refractivity contribution in [1.82, 2.24) is 0 Å². The van der Waals surface area contributed by atoms with E-state index in [0.29, 0.717) is 0 Å². The van der Waals surface area contributed by atoms with Gasteiger partial charge in [-0.3, -0.25) is 0 Å². The summed E-state index contributed by atoms with van der Waals surface area (Å²) in [6, 6.07) is 0. The molecule has 4 heteroatoms. The minimum Gasteiger partial charge on any atom is -0.793 e. The van der Waals surface area contributed by atoms with Crippen molar-refractivity contribution in [3.05, 3.63) is 0 Å². The Bertz CT molecular complexity index is 24.0. The van der Waals surface area contributed by atoms with Crippen molar-refractivity contribution >= 4 is 25.3 Å². The van der Waals surface area contributed by atoms with Crippen LogP contribution in [0.15, 0.2) is 0 Å². The van der Waals surface area contributed by atoms with Crippen LogP contribution in [-0.4, -0.2) is 11.5 Å². The zero-order chi connectivity index (χ0) is 4.83. The number of hydrogen-bond donors (Lipinski definition) is 0. The molecule has 0 bridgehead atoms. The Hall–Kier alpha value is 2.70. The Morgan fingerprint density at radius 3 is 1.12 bits per heavy atom. The zero-order valence-corrected chi connectivity index (χ0v) is 11.3. The Morgan fingerprint density at radius 1 is 0.750 bits per heavy atom. The van der Waals surface area contributed by atoms with Gasteiger partial charge in [-0.1, -0.05) is 12.8 Å². The van der Waals surface area contributed by atoms with Gasteiger partial charge >= 0.3 is 59.1 Å². The van der Waals surface area contributed by atoms with Crippen LogP contribution >= 0.6 is 0 Å². The average Bonchev–Trinajstić information content (AvgIpc) is 1.61. The third-order valence-electron chi connectivity index (χ3n) is 0.539. The van der Waals surface area contributed by atoms with E-state index in [4.69, 9.17) is 0 Å². The molecule has 0 heterocycles. The van der Waals surface area contributed by atoms with Crippen molar-refractivity contribution in [2.75, 3.05) is 11.5 Å². The molecule has 8 heavy (non-hydrogen) atoms. The minimum atomic E-state index is 0. The van der Waals surface area contributed by atoms with Crippen molar-refractivity contribution in [2.24, 2.45) is 0 Å². The molecule has 0 N–H and O–H groups in total. The van der Waals surface area contributed by atoms with E-state index >= 15 is 0 Å². The molecule has 0 amide bonds. The molecule has 0 saturated carbocycles. The average molecular weight is 166 g/mol. The molecule has 0 saturated heterocycles. The molecular formula is C4H8Na2S2. The van der Waals surface area contributed by atoms with Crippen LogP contribution in [0, 0.1) is 0 Å². The molecule has 0 radical (unpaired) electrons. The van der Waals surface area contributed by atoms with Crippen molar-refractivity contribution in [3.63, 3.8) is 0 Å². The fourth-order valence-corrected chi connectivity index (χ4v) is 0.612. The van der Waals surface area contributed by atoms with Gasteiger partial charge in [0.05, 0.1) is 0 Å². The zero-order valence-electron chi connectivity index (χ0n) is 5.64. The van der Waals surface area contributed by atoms with Crippen molar-refractivity contribution in [3.8, 4) is 0 Å². The van der Waals surface area contributed by atoms with Crippen LogP contribution in [0.2, 0.25) is 0 Å². The summed E-state index contributed by atoms with van der Waals surface area (Å²) in [6.45, 7) is 0. The van der Waals surface area contributed by atoms with Crippen LogP contribution in [0.5, 0.6) is 0 Å². The predicted octanol–water partition coefficient (Wildman–Crippen LogP) is -5.13. The molecular weight excluding hydrogens is 158 g/mol. The molecule has 0 aromatic heterocycles. The Labute approximate surface area is 107 Å². The molecule has 0 aliphatic carbocycles. The summed E-state index contributed by atoms with van der Waals surface area (Å²) in [4.78, 5) is 0. The minimum absolute atomic E-state index is 0. The Balaban J connectivity index is -0.000000125. The molecule has 0 rings (SSSR count). The van der Waals surface area contributed by atoms with E-state index in [-0.39, 0.29) is 59.1 Å². The van der Waals surface area contributed by atoms with Gasteiger partial charge in [0.25, 0.3) is 0 Å². The van der Waals surface area contributed by atoms with E-state index in [1.54, 1.807) is 0 Å². The van der Waals surface area contributed by atoms with Crippen LogP contribution in [0.4, 0.5) is 0 Å². The fraction of sp³-hybridized carbons (Fsp3) is 1.00. The summed E-state index contributed by atoms with van der Waals surface area (Å²) in [5, 5.41) is 0. The van der Waals surface area contributed by atoms with Gasteiger partial charge in [-0.05, 0) is 0 Å². The summed E-state index contributed by atoms with van der Waals surface area (Å²) < 4.78 is 0. The van der Waals surface area contributed by atoms with Crippen molar-refractivity contribution in [2.45, 2.75) is 12.8 Å². The first-order valence-corrected chi connectivity index (χ1v) is 3.23. The quantitative estimate of drug-likeness (QED) is 0.234. The van der Waals surface area contributed by atoms with Crippen LogP contribution in [0.25, 0.3) is 0 Å². The van der Waals surface area contributed by atoms with Gasteiger partial charge in [-0.2, -0.15) is 11.5 Å². The van der Waals surface area contributed by atoms with E-state index in [0.717, 1.165) is 24.3 Å². The van der Waals surface area contributed by atoms with E-state index in [1.165, 1.54) is 0 Å². The maximum Gasteiger partial charge on any atom is 1.00 e. The van der Waals surface area contributed by atoms with E-state index in [9.17, 15) is 0 Å². The first kappa shape index (κ1) is 17.0. The molecule has 0 fully saturated rings. The number of unbranched alkanes of at least 4 members (excludes halogenated alkanes) is 1. The molecule has 0 aliphatic rings. The van der Waals surface area contributed by atoms with Gasteiger partial charge < -0.3 is 25.3 Å².